The fourth-order valence-corrected chi connectivity index (χ4v) is 3.30. The Labute approximate surface area is 120 Å². The lowest BCUT2D eigenvalue weighted by atomic mass is 9.87. The molecule has 3 heteroatoms. The van der Waals surface area contributed by atoms with Crippen LogP contribution in [0.2, 0.25) is 0 Å². The summed E-state index contributed by atoms with van der Waals surface area (Å²) in [4.78, 5) is 4.48. The molecule has 3 nitrogen and oxygen atoms in total. The van der Waals surface area contributed by atoms with Crippen LogP contribution in [0, 0.1) is 0 Å². The second-order valence-corrected chi connectivity index (χ2v) is 5.67. The summed E-state index contributed by atoms with van der Waals surface area (Å²) in [5, 5.41) is 11.4. The number of hydrogen-bond acceptors (Lipinski definition) is 2. The molecular weight excluding hydrogens is 248 g/mol. The van der Waals surface area contributed by atoms with Gasteiger partial charge in [-0.15, -0.1) is 0 Å². The predicted octanol–water partition coefficient (Wildman–Crippen LogP) is 3.26. The molecule has 0 saturated heterocycles. The van der Waals surface area contributed by atoms with E-state index in [0.717, 1.165) is 50.0 Å². The highest BCUT2D eigenvalue weighted by molar-refractivity contribution is 5.38. The maximum Gasteiger partial charge on any atom is 0.147 e. The van der Waals surface area contributed by atoms with Gasteiger partial charge in [0, 0.05) is 18.9 Å². The van der Waals surface area contributed by atoms with Crippen molar-refractivity contribution < 1.29 is 5.11 Å². The van der Waals surface area contributed by atoms with E-state index in [1.807, 2.05) is 12.3 Å². The zero-order valence-corrected chi connectivity index (χ0v) is 12.0. The van der Waals surface area contributed by atoms with Crippen LogP contribution in [0.1, 0.15) is 49.6 Å². The maximum absolute atomic E-state index is 11.4. The third kappa shape index (κ3) is 2.16. The standard InChI is InChI=1S/C17H22N2O/c1-2-12-19-13-11-18-16(19)17(20)10-6-5-8-14-7-3-4-9-15(14)17/h3-4,7,9,11,13,20H,2,5-6,8,10,12H2,1H3. The lowest BCUT2D eigenvalue weighted by Crippen LogP contribution is -2.31. The van der Waals surface area contributed by atoms with Crippen LogP contribution in [0.4, 0.5) is 0 Å². The molecule has 1 N–H and O–H groups in total. The summed E-state index contributed by atoms with van der Waals surface area (Å²) >= 11 is 0. The number of aryl methyl sites for hydroxylation is 2. The highest BCUT2D eigenvalue weighted by Gasteiger charge is 2.38. The van der Waals surface area contributed by atoms with Crippen LogP contribution in [-0.4, -0.2) is 14.7 Å². The van der Waals surface area contributed by atoms with E-state index in [1.165, 1.54) is 5.56 Å². The first-order chi connectivity index (χ1) is 9.75. The molecule has 1 heterocycles. The molecule has 1 atom stereocenters. The zero-order valence-electron chi connectivity index (χ0n) is 12.0. The smallest absolute Gasteiger partial charge is 0.147 e. The van der Waals surface area contributed by atoms with Crippen LogP contribution in [0.3, 0.4) is 0 Å². The summed E-state index contributed by atoms with van der Waals surface area (Å²) in [6.45, 7) is 3.05. The van der Waals surface area contributed by atoms with Crippen molar-refractivity contribution in [2.24, 2.45) is 0 Å². The van der Waals surface area contributed by atoms with E-state index >= 15 is 0 Å². The van der Waals surface area contributed by atoms with Gasteiger partial charge < -0.3 is 9.67 Å². The van der Waals surface area contributed by atoms with Crippen molar-refractivity contribution in [2.45, 2.75) is 51.2 Å². The van der Waals surface area contributed by atoms with Crippen LogP contribution in [-0.2, 0) is 18.6 Å². The van der Waals surface area contributed by atoms with Crippen LogP contribution in [0.5, 0.6) is 0 Å². The molecule has 1 aromatic carbocycles. The molecule has 106 valence electrons. The number of nitrogens with zero attached hydrogens (tertiary/aromatic N) is 2. The first-order valence-corrected chi connectivity index (χ1v) is 7.58. The van der Waals surface area contributed by atoms with Crippen molar-refractivity contribution in [1.29, 1.82) is 0 Å². The fraction of sp³-hybridized carbons (Fsp3) is 0.471. The van der Waals surface area contributed by atoms with Crippen molar-refractivity contribution in [3.05, 3.63) is 53.6 Å². The minimum atomic E-state index is -0.939. The molecule has 20 heavy (non-hydrogen) atoms. The second kappa shape index (κ2) is 5.41. The molecule has 3 rings (SSSR count). The van der Waals surface area contributed by atoms with Crippen LogP contribution in [0.25, 0.3) is 0 Å². The topological polar surface area (TPSA) is 38.0 Å². The predicted molar refractivity (Wildman–Crippen MR) is 79.5 cm³/mol. The molecule has 0 amide bonds. The van der Waals surface area contributed by atoms with E-state index in [2.05, 4.69) is 34.7 Å². The minimum Gasteiger partial charge on any atom is -0.377 e. The molecule has 1 unspecified atom stereocenters. The highest BCUT2D eigenvalue weighted by atomic mass is 16.3. The maximum atomic E-state index is 11.4. The Morgan fingerprint density at radius 2 is 2.15 bits per heavy atom. The van der Waals surface area contributed by atoms with Crippen molar-refractivity contribution >= 4 is 0 Å². The first kappa shape index (κ1) is 13.4. The molecule has 1 aliphatic rings. The van der Waals surface area contributed by atoms with E-state index in [-0.39, 0.29) is 0 Å². The van der Waals surface area contributed by atoms with Crippen molar-refractivity contribution in [2.75, 3.05) is 0 Å². The summed E-state index contributed by atoms with van der Waals surface area (Å²) in [6.07, 6.45) is 8.79. The van der Waals surface area contributed by atoms with Gasteiger partial charge in [0.2, 0.25) is 0 Å². The largest absolute Gasteiger partial charge is 0.377 e. The number of rotatable bonds is 3. The van der Waals surface area contributed by atoms with E-state index in [0.29, 0.717) is 0 Å². The Balaban J connectivity index is 2.12. The van der Waals surface area contributed by atoms with Crippen molar-refractivity contribution in [3.8, 4) is 0 Å². The summed E-state index contributed by atoms with van der Waals surface area (Å²) < 4.78 is 2.10. The molecule has 0 bridgehead atoms. The number of aliphatic hydroxyl groups is 1. The monoisotopic (exact) mass is 270 g/mol. The van der Waals surface area contributed by atoms with E-state index < -0.39 is 5.60 Å². The van der Waals surface area contributed by atoms with E-state index in [4.69, 9.17) is 0 Å². The molecule has 2 aromatic rings. The lowest BCUT2D eigenvalue weighted by Gasteiger charge is -2.29. The van der Waals surface area contributed by atoms with Gasteiger partial charge >= 0.3 is 0 Å². The molecule has 1 aliphatic carbocycles. The van der Waals surface area contributed by atoms with Crippen molar-refractivity contribution in [1.82, 2.24) is 9.55 Å². The Morgan fingerprint density at radius 3 is 3.00 bits per heavy atom. The lowest BCUT2D eigenvalue weighted by molar-refractivity contribution is 0.0571. The summed E-state index contributed by atoms with van der Waals surface area (Å²) in [7, 11) is 0. The van der Waals surface area contributed by atoms with Crippen LogP contribution in [0.15, 0.2) is 36.7 Å². The fourth-order valence-electron chi connectivity index (χ4n) is 3.30. The molecule has 0 spiro atoms. The summed E-state index contributed by atoms with van der Waals surface area (Å²) in [5.41, 5.74) is 1.37. The third-order valence-corrected chi connectivity index (χ3v) is 4.25. The summed E-state index contributed by atoms with van der Waals surface area (Å²) in [6, 6.07) is 8.27. The van der Waals surface area contributed by atoms with Crippen LogP contribution < -0.4 is 0 Å². The third-order valence-electron chi connectivity index (χ3n) is 4.25. The zero-order chi connectivity index (χ0) is 14.0. The molecule has 0 aliphatic heterocycles. The number of benzene rings is 1. The minimum absolute atomic E-state index is 0.755. The van der Waals surface area contributed by atoms with Crippen molar-refractivity contribution in [3.63, 3.8) is 0 Å². The number of imidazole rings is 1. The number of hydrogen-bond donors (Lipinski definition) is 1. The second-order valence-electron chi connectivity index (χ2n) is 5.67. The average molecular weight is 270 g/mol. The van der Waals surface area contributed by atoms with Gasteiger partial charge in [-0.1, -0.05) is 31.2 Å². The normalized spacial score (nSPS) is 22.3. The molecule has 0 fully saturated rings. The summed E-state index contributed by atoms with van der Waals surface area (Å²) in [5.74, 6) is 0.800. The Kier molecular flexibility index (Phi) is 3.62. The average Bonchev–Trinajstić information content (AvgIpc) is 2.86. The van der Waals surface area contributed by atoms with Gasteiger partial charge in [0.25, 0.3) is 0 Å². The molecule has 1 aromatic heterocycles. The van der Waals surface area contributed by atoms with E-state index in [9.17, 15) is 5.11 Å². The first-order valence-electron chi connectivity index (χ1n) is 7.58. The van der Waals surface area contributed by atoms with E-state index in [1.54, 1.807) is 6.20 Å². The SMILES string of the molecule is CCCn1ccnc1C1(O)CCCCc2ccccc21. The quantitative estimate of drug-likeness (QED) is 0.869. The van der Waals surface area contributed by atoms with Gasteiger partial charge in [-0.3, -0.25) is 0 Å². The molecule has 0 saturated carbocycles. The van der Waals surface area contributed by atoms with Gasteiger partial charge in [0.05, 0.1) is 0 Å². The molecular formula is C17H22N2O. The van der Waals surface area contributed by atoms with Gasteiger partial charge in [0.1, 0.15) is 11.4 Å². The number of fused-ring (bicyclic) bond motifs is 1. The Morgan fingerprint density at radius 1 is 1.30 bits per heavy atom. The Hall–Kier alpha value is -1.61. The molecule has 0 radical (unpaired) electrons. The van der Waals surface area contributed by atoms with Gasteiger partial charge in [-0.05, 0) is 43.2 Å². The Bertz CT molecular complexity index is 590. The van der Waals surface area contributed by atoms with Gasteiger partial charge in [-0.25, -0.2) is 4.98 Å². The number of aromatic nitrogens is 2. The van der Waals surface area contributed by atoms with Gasteiger partial charge in [0.15, 0.2) is 0 Å². The highest BCUT2D eigenvalue weighted by Crippen LogP contribution is 2.38. The van der Waals surface area contributed by atoms with Gasteiger partial charge in [-0.2, -0.15) is 0 Å². The van der Waals surface area contributed by atoms with Crippen LogP contribution >= 0.6 is 0 Å².